The molecule has 3 aromatic rings. The molecule has 0 saturated heterocycles. The first-order chi connectivity index (χ1) is 14.0. The third kappa shape index (κ3) is 3.96. The Morgan fingerprint density at radius 1 is 1.24 bits per heavy atom. The van der Waals surface area contributed by atoms with Gasteiger partial charge in [0, 0.05) is 11.3 Å². The fraction of sp³-hybridized carbons (Fsp3) is 0.238. The van der Waals surface area contributed by atoms with E-state index in [0.29, 0.717) is 11.7 Å². The monoisotopic (exact) mass is 391 g/mol. The summed E-state index contributed by atoms with van der Waals surface area (Å²) in [6, 6.07) is 12.7. The summed E-state index contributed by atoms with van der Waals surface area (Å²) in [6.07, 6.45) is 1.61. The average molecular weight is 391 g/mol. The van der Waals surface area contributed by atoms with Crippen LogP contribution >= 0.6 is 0 Å². The minimum Gasteiger partial charge on any atom is -0.483 e. The first-order valence-corrected chi connectivity index (χ1v) is 9.29. The number of ether oxygens (including phenoxy) is 1. The molecule has 0 bridgehead atoms. The molecule has 2 N–H and O–H groups in total. The molecule has 1 aromatic heterocycles. The number of anilines is 2. The first kappa shape index (κ1) is 18.7. The van der Waals surface area contributed by atoms with Crippen LogP contribution in [0.4, 0.5) is 11.6 Å². The summed E-state index contributed by atoms with van der Waals surface area (Å²) in [4.78, 5) is 28.5. The molecule has 8 nitrogen and oxygen atoms in total. The zero-order valence-electron chi connectivity index (χ0n) is 16.2. The number of para-hydroxylation sites is 1. The number of hydrogen-bond donors (Lipinski definition) is 2. The third-order valence-corrected chi connectivity index (χ3v) is 4.93. The van der Waals surface area contributed by atoms with Crippen molar-refractivity contribution in [2.75, 3.05) is 17.2 Å². The molecule has 0 spiro atoms. The smallest absolute Gasteiger partial charge is 0.262 e. The highest BCUT2D eigenvalue weighted by molar-refractivity contribution is 5.92. The van der Waals surface area contributed by atoms with Gasteiger partial charge in [0.2, 0.25) is 11.9 Å². The molecule has 148 valence electrons. The SMILES string of the molecule is Cc1ccc(NC(=O)COc2ccccc2[C@H]2CC(=O)Nc3ncnn32)cc1C. The van der Waals surface area contributed by atoms with Crippen LogP contribution in [0.5, 0.6) is 5.75 Å². The fourth-order valence-electron chi connectivity index (χ4n) is 3.29. The van der Waals surface area contributed by atoms with Gasteiger partial charge in [-0.05, 0) is 43.2 Å². The Labute approximate surface area is 167 Å². The second kappa shape index (κ2) is 7.75. The molecule has 0 fully saturated rings. The molecule has 2 heterocycles. The summed E-state index contributed by atoms with van der Waals surface area (Å²) in [6.45, 7) is 3.87. The lowest BCUT2D eigenvalue weighted by Crippen LogP contribution is -2.29. The van der Waals surface area contributed by atoms with E-state index in [9.17, 15) is 9.59 Å². The van der Waals surface area contributed by atoms with Crippen molar-refractivity contribution in [3.63, 3.8) is 0 Å². The molecule has 29 heavy (non-hydrogen) atoms. The van der Waals surface area contributed by atoms with E-state index in [0.717, 1.165) is 22.4 Å². The largest absolute Gasteiger partial charge is 0.483 e. The van der Waals surface area contributed by atoms with Crippen molar-refractivity contribution in [3.8, 4) is 5.75 Å². The van der Waals surface area contributed by atoms with Gasteiger partial charge in [-0.2, -0.15) is 10.1 Å². The summed E-state index contributed by atoms with van der Waals surface area (Å²) >= 11 is 0. The van der Waals surface area contributed by atoms with Crippen molar-refractivity contribution in [1.29, 1.82) is 0 Å². The molecule has 4 rings (SSSR count). The van der Waals surface area contributed by atoms with E-state index in [2.05, 4.69) is 20.7 Å². The van der Waals surface area contributed by atoms with Gasteiger partial charge in [-0.3, -0.25) is 14.9 Å². The van der Waals surface area contributed by atoms with Crippen LogP contribution in [0.2, 0.25) is 0 Å². The number of benzene rings is 2. The van der Waals surface area contributed by atoms with Crippen LogP contribution in [-0.4, -0.2) is 33.2 Å². The van der Waals surface area contributed by atoms with Crippen LogP contribution in [0, 0.1) is 13.8 Å². The van der Waals surface area contributed by atoms with Gasteiger partial charge in [-0.15, -0.1) is 0 Å². The van der Waals surface area contributed by atoms with Gasteiger partial charge >= 0.3 is 0 Å². The molecular formula is C21H21N5O3. The van der Waals surface area contributed by atoms with E-state index >= 15 is 0 Å². The number of rotatable bonds is 5. The number of amides is 2. The van der Waals surface area contributed by atoms with Crippen LogP contribution in [0.25, 0.3) is 0 Å². The van der Waals surface area contributed by atoms with Gasteiger partial charge in [-0.25, -0.2) is 4.68 Å². The van der Waals surface area contributed by atoms with Gasteiger partial charge in [-0.1, -0.05) is 24.3 Å². The van der Waals surface area contributed by atoms with E-state index < -0.39 is 0 Å². The highest BCUT2D eigenvalue weighted by Gasteiger charge is 2.29. The van der Waals surface area contributed by atoms with Gasteiger partial charge < -0.3 is 10.1 Å². The van der Waals surface area contributed by atoms with Crippen LogP contribution in [0.1, 0.15) is 29.2 Å². The topological polar surface area (TPSA) is 98.1 Å². The standard InChI is InChI=1S/C21H21N5O3/c1-13-7-8-15(9-14(13)2)24-20(28)11-29-18-6-4-3-5-16(18)17-10-19(27)25-21-22-12-23-26(17)21/h3-9,12,17H,10-11H2,1-2H3,(H,24,28)(H,22,23,25,27)/t17-/m1/s1. The maximum absolute atomic E-state index is 12.4. The van der Waals surface area contributed by atoms with Crippen molar-refractivity contribution in [1.82, 2.24) is 14.8 Å². The maximum atomic E-state index is 12.4. The van der Waals surface area contributed by atoms with E-state index in [-0.39, 0.29) is 30.9 Å². The molecule has 1 aliphatic rings. The quantitative estimate of drug-likeness (QED) is 0.697. The number of hydrogen-bond acceptors (Lipinski definition) is 5. The molecule has 8 heteroatoms. The molecule has 0 unspecified atom stereocenters. The normalized spacial score (nSPS) is 15.4. The third-order valence-electron chi connectivity index (χ3n) is 4.93. The van der Waals surface area contributed by atoms with E-state index in [1.54, 1.807) is 10.7 Å². The Morgan fingerprint density at radius 2 is 2.07 bits per heavy atom. The van der Waals surface area contributed by atoms with Crippen LogP contribution < -0.4 is 15.4 Å². The fourth-order valence-corrected chi connectivity index (χ4v) is 3.29. The Hall–Kier alpha value is -3.68. The molecule has 0 saturated carbocycles. The Kier molecular flexibility index (Phi) is 4.99. The number of fused-ring (bicyclic) bond motifs is 1. The molecule has 1 atom stereocenters. The number of nitrogens with zero attached hydrogens (tertiary/aromatic N) is 3. The number of carbonyl (C=O) groups excluding carboxylic acids is 2. The average Bonchev–Trinajstić information content (AvgIpc) is 3.17. The highest BCUT2D eigenvalue weighted by atomic mass is 16.5. The molecule has 1 aliphatic heterocycles. The first-order valence-electron chi connectivity index (χ1n) is 9.29. The lowest BCUT2D eigenvalue weighted by Gasteiger charge is -2.25. The van der Waals surface area contributed by atoms with Crippen LogP contribution in [-0.2, 0) is 9.59 Å². The molecule has 2 amide bonds. The summed E-state index contributed by atoms with van der Waals surface area (Å²) in [5.41, 5.74) is 3.77. The number of aromatic nitrogens is 3. The second-order valence-electron chi connectivity index (χ2n) is 6.97. The van der Waals surface area contributed by atoms with Gasteiger partial charge in [0.15, 0.2) is 6.61 Å². The molecular weight excluding hydrogens is 370 g/mol. The predicted octanol–water partition coefficient (Wildman–Crippen LogP) is 2.84. The Morgan fingerprint density at radius 3 is 2.90 bits per heavy atom. The zero-order valence-corrected chi connectivity index (χ0v) is 16.2. The zero-order chi connectivity index (χ0) is 20.4. The molecule has 0 radical (unpaired) electrons. The number of nitrogens with one attached hydrogen (secondary N) is 2. The minimum atomic E-state index is -0.347. The van der Waals surface area contributed by atoms with Crippen molar-refractivity contribution < 1.29 is 14.3 Å². The van der Waals surface area contributed by atoms with Crippen molar-refractivity contribution in [3.05, 3.63) is 65.5 Å². The van der Waals surface area contributed by atoms with Crippen LogP contribution in [0.15, 0.2) is 48.8 Å². The maximum Gasteiger partial charge on any atom is 0.262 e. The van der Waals surface area contributed by atoms with Crippen molar-refractivity contribution >= 4 is 23.5 Å². The van der Waals surface area contributed by atoms with E-state index in [1.165, 1.54) is 6.33 Å². The summed E-state index contributed by atoms with van der Waals surface area (Å²) in [5, 5.41) is 9.75. The Bertz CT molecular complexity index is 1080. The van der Waals surface area contributed by atoms with Gasteiger partial charge in [0.1, 0.15) is 12.1 Å². The summed E-state index contributed by atoms with van der Waals surface area (Å²) in [5.74, 6) is 0.529. The van der Waals surface area contributed by atoms with Crippen molar-refractivity contribution in [2.45, 2.75) is 26.3 Å². The summed E-state index contributed by atoms with van der Waals surface area (Å²) < 4.78 is 7.45. The lowest BCUT2D eigenvalue weighted by molar-refractivity contribution is -0.118. The van der Waals surface area contributed by atoms with Gasteiger partial charge in [0.05, 0.1) is 12.5 Å². The van der Waals surface area contributed by atoms with Crippen molar-refractivity contribution in [2.24, 2.45) is 0 Å². The molecule has 0 aliphatic carbocycles. The predicted molar refractivity (Wildman–Crippen MR) is 108 cm³/mol. The van der Waals surface area contributed by atoms with E-state index in [4.69, 9.17) is 4.74 Å². The van der Waals surface area contributed by atoms with Gasteiger partial charge in [0.25, 0.3) is 5.91 Å². The number of carbonyl (C=O) groups is 2. The van der Waals surface area contributed by atoms with Crippen LogP contribution in [0.3, 0.4) is 0 Å². The van der Waals surface area contributed by atoms with E-state index in [1.807, 2.05) is 50.2 Å². The lowest BCUT2D eigenvalue weighted by atomic mass is 10.0. The molecule has 2 aromatic carbocycles. The second-order valence-corrected chi connectivity index (χ2v) is 6.97. The Balaban J connectivity index is 1.49. The summed E-state index contributed by atoms with van der Waals surface area (Å²) in [7, 11) is 0. The minimum absolute atomic E-state index is 0.141. The highest BCUT2D eigenvalue weighted by Crippen LogP contribution is 2.34. The number of aryl methyl sites for hydroxylation is 2.